The van der Waals surface area contributed by atoms with Gasteiger partial charge in [-0.15, -0.1) is 0 Å². The fraction of sp³-hybridized carbons (Fsp3) is 0.0667. The SMILES string of the molecule is COC(=O)c1ccc(Oc2ccccc2)cc1C(=O)O. The Kier molecular flexibility index (Phi) is 4.00. The van der Waals surface area contributed by atoms with Crippen molar-refractivity contribution in [3.05, 3.63) is 59.7 Å². The van der Waals surface area contributed by atoms with E-state index in [1.165, 1.54) is 25.3 Å². The number of benzene rings is 2. The summed E-state index contributed by atoms with van der Waals surface area (Å²) in [6, 6.07) is 13.1. The summed E-state index contributed by atoms with van der Waals surface area (Å²) >= 11 is 0. The molecule has 0 bridgehead atoms. The minimum atomic E-state index is -1.22. The summed E-state index contributed by atoms with van der Waals surface area (Å²) in [7, 11) is 1.20. The number of esters is 1. The number of hydrogen-bond acceptors (Lipinski definition) is 4. The Morgan fingerprint density at radius 1 is 0.950 bits per heavy atom. The van der Waals surface area contributed by atoms with Gasteiger partial charge in [0.2, 0.25) is 0 Å². The van der Waals surface area contributed by atoms with Crippen LogP contribution in [0.5, 0.6) is 11.5 Å². The number of hydrogen-bond donors (Lipinski definition) is 1. The minimum Gasteiger partial charge on any atom is -0.478 e. The van der Waals surface area contributed by atoms with Crippen molar-refractivity contribution >= 4 is 11.9 Å². The van der Waals surface area contributed by atoms with Gasteiger partial charge in [-0.25, -0.2) is 9.59 Å². The summed E-state index contributed by atoms with van der Waals surface area (Å²) in [5.41, 5.74) is -0.175. The van der Waals surface area contributed by atoms with Gasteiger partial charge in [0, 0.05) is 0 Å². The third-order valence-corrected chi connectivity index (χ3v) is 2.61. The fourth-order valence-electron chi connectivity index (χ4n) is 1.68. The molecular weight excluding hydrogens is 260 g/mol. The topological polar surface area (TPSA) is 72.8 Å². The number of para-hydroxylation sites is 1. The number of carboxylic acids is 1. The molecule has 0 heterocycles. The summed E-state index contributed by atoms with van der Waals surface area (Å²) in [5.74, 6) is -1.01. The standard InChI is InChI=1S/C15H12O5/c1-19-15(18)12-8-7-11(9-13(12)14(16)17)20-10-5-3-2-4-6-10/h2-9H,1H3,(H,16,17). The summed E-state index contributed by atoms with van der Waals surface area (Å²) in [4.78, 5) is 22.7. The largest absolute Gasteiger partial charge is 0.478 e. The number of carbonyl (C=O) groups is 2. The Labute approximate surface area is 115 Å². The monoisotopic (exact) mass is 272 g/mol. The molecule has 5 heteroatoms. The number of carboxylic acid groups (broad SMARTS) is 1. The summed E-state index contributed by atoms with van der Waals surface area (Å²) in [6.07, 6.45) is 0. The molecule has 0 atom stereocenters. The van der Waals surface area contributed by atoms with Gasteiger partial charge in [-0.1, -0.05) is 18.2 Å². The normalized spacial score (nSPS) is 9.85. The van der Waals surface area contributed by atoms with Crippen LogP contribution >= 0.6 is 0 Å². The number of ether oxygens (including phenoxy) is 2. The van der Waals surface area contributed by atoms with Gasteiger partial charge in [0.1, 0.15) is 11.5 Å². The van der Waals surface area contributed by atoms with E-state index in [0.29, 0.717) is 11.5 Å². The predicted molar refractivity (Wildman–Crippen MR) is 71.3 cm³/mol. The number of aromatic carboxylic acids is 1. The third-order valence-electron chi connectivity index (χ3n) is 2.61. The molecule has 2 rings (SSSR count). The smallest absolute Gasteiger partial charge is 0.338 e. The van der Waals surface area contributed by atoms with Crippen LogP contribution in [0, 0.1) is 0 Å². The molecule has 0 unspecified atom stereocenters. The van der Waals surface area contributed by atoms with Gasteiger partial charge in [-0.3, -0.25) is 0 Å². The van der Waals surface area contributed by atoms with Crippen LogP contribution in [-0.2, 0) is 4.74 Å². The molecule has 5 nitrogen and oxygen atoms in total. The second-order valence-corrected chi connectivity index (χ2v) is 3.92. The van der Waals surface area contributed by atoms with E-state index in [1.807, 2.05) is 6.07 Å². The molecule has 0 aliphatic heterocycles. The molecule has 102 valence electrons. The Hall–Kier alpha value is -2.82. The lowest BCUT2D eigenvalue weighted by Gasteiger charge is -2.09. The number of methoxy groups -OCH3 is 1. The van der Waals surface area contributed by atoms with E-state index < -0.39 is 11.9 Å². The van der Waals surface area contributed by atoms with Crippen molar-refractivity contribution in [3.8, 4) is 11.5 Å². The molecule has 0 saturated heterocycles. The zero-order chi connectivity index (χ0) is 14.5. The van der Waals surface area contributed by atoms with Crippen molar-refractivity contribution in [1.29, 1.82) is 0 Å². The lowest BCUT2D eigenvalue weighted by atomic mass is 10.1. The number of carbonyl (C=O) groups excluding carboxylic acids is 1. The van der Waals surface area contributed by atoms with Crippen LogP contribution < -0.4 is 4.74 Å². The molecule has 1 N–H and O–H groups in total. The first kappa shape index (κ1) is 13.6. The lowest BCUT2D eigenvalue weighted by Crippen LogP contribution is -2.10. The van der Waals surface area contributed by atoms with Crippen molar-refractivity contribution in [1.82, 2.24) is 0 Å². The molecule has 0 saturated carbocycles. The maximum absolute atomic E-state index is 11.5. The average Bonchev–Trinajstić information content (AvgIpc) is 2.47. The molecule has 0 fully saturated rings. The van der Waals surface area contributed by atoms with Crippen LogP contribution in [0.2, 0.25) is 0 Å². The molecule has 0 aromatic heterocycles. The van der Waals surface area contributed by atoms with Crippen LogP contribution in [0.1, 0.15) is 20.7 Å². The molecule has 0 aliphatic rings. The van der Waals surface area contributed by atoms with Crippen LogP contribution in [0.25, 0.3) is 0 Å². The first-order valence-corrected chi connectivity index (χ1v) is 5.80. The van der Waals surface area contributed by atoms with Crippen molar-refractivity contribution < 1.29 is 24.2 Å². The highest BCUT2D eigenvalue weighted by molar-refractivity contribution is 6.02. The second kappa shape index (κ2) is 5.88. The van der Waals surface area contributed by atoms with Gasteiger partial charge in [0.05, 0.1) is 18.2 Å². The highest BCUT2D eigenvalue weighted by Crippen LogP contribution is 2.24. The van der Waals surface area contributed by atoms with Crippen molar-refractivity contribution in [2.24, 2.45) is 0 Å². The van der Waals surface area contributed by atoms with Gasteiger partial charge in [-0.2, -0.15) is 0 Å². The van der Waals surface area contributed by atoms with E-state index in [-0.39, 0.29) is 11.1 Å². The average molecular weight is 272 g/mol. The molecule has 2 aromatic carbocycles. The molecule has 2 aromatic rings. The van der Waals surface area contributed by atoms with E-state index in [4.69, 9.17) is 9.84 Å². The van der Waals surface area contributed by atoms with Crippen LogP contribution in [0.15, 0.2) is 48.5 Å². The van der Waals surface area contributed by atoms with Crippen LogP contribution in [0.4, 0.5) is 0 Å². The Morgan fingerprint density at radius 3 is 2.25 bits per heavy atom. The zero-order valence-corrected chi connectivity index (χ0v) is 10.7. The lowest BCUT2D eigenvalue weighted by molar-refractivity contribution is 0.0582. The summed E-state index contributed by atoms with van der Waals surface area (Å²) in [6.45, 7) is 0. The van der Waals surface area contributed by atoms with Crippen molar-refractivity contribution in [3.63, 3.8) is 0 Å². The van der Waals surface area contributed by atoms with Gasteiger partial charge in [0.15, 0.2) is 0 Å². The molecular formula is C15H12O5. The van der Waals surface area contributed by atoms with Crippen molar-refractivity contribution in [2.45, 2.75) is 0 Å². The highest BCUT2D eigenvalue weighted by atomic mass is 16.5. The maximum Gasteiger partial charge on any atom is 0.338 e. The third kappa shape index (κ3) is 2.95. The van der Waals surface area contributed by atoms with Gasteiger partial charge < -0.3 is 14.6 Å². The first-order chi connectivity index (χ1) is 9.61. The Balaban J connectivity index is 2.35. The maximum atomic E-state index is 11.5. The van der Waals surface area contributed by atoms with E-state index in [2.05, 4.69) is 4.74 Å². The van der Waals surface area contributed by atoms with E-state index in [9.17, 15) is 9.59 Å². The summed E-state index contributed by atoms with van der Waals surface area (Å²) < 4.78 is 10.1. The van der Waals surface area contributed by atoms with Crippen molar-refractivity contribution in [2.75, 3.05) is 7.11 Å². The number of rotatable bonds is 4. The van der Waals surface area contributed by atoms with Gasteiger partial charge >= 0.3 is 11.9 Å². The molecule has 0 aliphatic carbocycles. The van der Waals surface area contributed by atoms with Gasteiger partial charge in [-0.05, 0) is 30.3 Å². The van der Waals surface area contributed by atoms with Gasteiger partial charge in [0.25, 0.3) is 0 Å². The molecule has 0 amide bonds. The van der Waals surface area contributed by atoms with E-state index in [0.717, 1.165) is 0 Å². The van der Waals surface area contributed by atoms with E-state index >= 15 is 0 Å². The minimum absolute atomic E-state index is 0.0135. The quantitative estimate of drug-likeness (QED) is 0.866. The highest BCUT2D eigenvalue weighted by Gasteiger charge is 2.18. The van der Waals surface area contributed by atoms with Crippen LogP contribution in [0.3, 0.4) is 0 Å². The Bertz CT molecular complexity index is 634. The molecule has 20 heavy (non-hydrogen) atoms. The Morgan fingerprint density at radius 2 is 1.65 bits per heavy atom. The predicted octanol–water partition coefficient (Wildman–Crippen LogP) is 2.96. The van der Waals surface area contributed by atoms with Crippen LogP contribution in [-0.4, -0.2) is 24.2 Å². The molecule has 0 radical (unpaired) electrons. The summed E-state index contributed by atoms with van der Waals surface area (Å²) in [5, 5.41) is 9.14. The molecule has 0 spiro atoms. The first-order valence-electron chi connectivity index (χ1n) is 5.80. The zero-order valence-electron chi connectivity index (χ0n) is 10.7. The van der Waals surface area contributed by atoms with E-state index in [1.54, 1.807) is 24.3 Å². The second-order valence-electron chi connectivity index (χ2n) is 3.92. The fourth-order valence-corrected chi connectivity index (χ4v) is 1.68.